The van der Waals surface area contributed by atoms with Crippen molar-refractivity contribution in [2.45, 2.75) is 20.0 Å². The van der Waals surface area contributed by atoms with Gasteiger partial charge in [0.2, 0.25) is 0 Å². The SMILES string of the molecule is CCNC(=O)c1ccc(CNC(=NC)N2CCN(Cc3ccon3)CC2)cc1. The molecule has 0 unspecified atom stereocenters. The number of amides is 1. The average Bonchev–Trinajstić information content (AvgIpc) is 3.23. The summed E-state index contributed by atoms with van der Waals surface area (Å²) in [7, 11) is 1.81. The fraction of sp³-hybridized carbons (Fsp3) is 0.450. The van der Waals surface area contributed by atoms with Crippen LogP contribution in [-0.2, 0) is 13.1 Å². The number of hydrogen-bond donors (Lipinski definition) is 2. The van der Waals surface area contributed by atoms with E-state index in [-0.39, 0.29) is 5.91 Å². The maximum Gasteiger partial charge on any atom is 0.251 e. The lowest BCUT2D eigenvalue weighted by Crippen LogP contribution is -2.52. The number of benzene rings is 1. The van der Waals surface area contributed by atoms with E-state index in [1.807, 2.05) is 44.3 Å². The van der Waals surface area contributed by atoms with Crippen LogP contribution in [0.4, 0.5) is 0 Å². The van der Waals surface area contributed by atoms with Gasteiger partial charge in [0.25, 0.3) is 5.91 Å². The number of piperazine rings is 1. The Hall–Kier alpha value is -2.87. The highest BCUT2D eigenvalue weighted by Crippen LogP contribution is 2.08. The van der Waals surface area contributed by atoms with Crippen LogP contribution >= 0.6 is 0 Å². The van der Waals surface area contributed by atoms with Crippen LogP contribution in [0.5, 0.6) is 0 Å². The molecule has 0 saturated carbocycles. The molecule has 1 amide bonds. The van der Waals surface area contributed by atoms with E-state index >= 15 is 0 Å². The largest absolute Gasteiger partial charge is 0.364 e. The standard InChI is InChI=1S/C20H28N6O2/c1-3-22-19(27)17-6-4-16(5-7-17)14-23-20(21-2)26-11-9-25(10-12-26)15-18-8-13-28-24-18/h4-8,13H,3,9-12,14-15H2,1-2H3,(H,21,23)(H,22,27). The summed E-state index contributed by atoms with van der Waals surface area (Å²) in [5.41, 5.74) is 2.75. The minimum atomic E-state index is -0.0405. The van der Waals surface area contributed by atoms with Gasteiger partial charge in [0.05, 0.1) is 5.69 Å². The van der Waals surface area contributed by atoms with Gasteiger partial charge < -0.3 is 20.1 Å². The van der Waals surface area contributed by atoms with Gasteiger partial charge in [0.15, 0.2) is 5.96 Å². The van der Waals surface area contributed by atoms with Crippen LogP contribution in [0.25, 0.3) is 0 Å². The fourth-order valence-electron chi connectivity index (χ4n) is 3.22. The summed E-state index contributed by atoms with van der Waals surface area (Å²) in [5.74, 6) is 0.857. The topological polar surface area (TPSA) is 86.0 Å². The predicted molar refractivity (Wildman–Crippen MR) is 108 cm³/mol. The molecule has 0 spiro atoms. The quantitative estimate of drug-likeness (QED) is 0.577. The molecule has 1 saturated heterocycles. The zero-order valence-corrected chi connectivity index (χ0v) is 16.5. The normalized spacial score (nSPS) is 15.5. The molecule has 0 atom stereocenters. The molecular weight excluding hydrogens is 356 g/mol. The summed E-state index contributed by atoms with van der Waals surface area (Å²) in [6.07, 6.45) is 1.61. The third-order valence-corrected chi connectivity index (χ3v) is 4.76. The molecule has 0 radical (unpaired) electrons. The molecule has 1 aromatic heterocycles. The molecule has 1 aliphatic rings. The first-order valence-electron chi connectivity index (χ1n) is 9.64. The monoisotopic (exact) mass is 384 g/mol. The molecule has 1 fully saturated rings. The fourth-order valence-corrected chi connectivity index (χ4v) is 3.22. The van der Waals surface area contributed by atoms with Crippen LogP contribution in [0.15, 0.2) is 46.1 Å². The second kappa shape index (κ2) is 9.89. The number of nitrogens with zero attached hydrogens (tertiary/aromatic N) is 4. The first-order valence-corrected chi connectivity index (χ1v) is 9.64. The van der Waals surface area contributed by atoms with E-state index in [4.69, 9.17) is 4.52 Å². The van der Waals surface area contributed by atoms with Crippen LogP contribution in [0.1, 0.15) is 28.5 Å². The Labute approximate surface area is 165 Å². The van der Waals surface area contributed by atoms with Gasteiger partial charge in [-0.25, -0.2) is 0 Å². The molecule has 150 valence electrons. The summed E-state index contributed by atoms with van der Waals surface area (Å²) < 4.78 is 4.90. The van der Waals surface area contributed by atoms with Crippen molar-refractivity contribution in [1.82, 2.24) is 25.6 Å². The Morgan fingerprint density at radius 2 is 1.89 bits per heavy atom. The molecule has 0 aliphatic carbocycles. The Morgan fingerprint density at radius 3 is 2.50 bits per heavy atom. The van der Waals surface area contributed by atoms with Crippen molar-refractivity contribution in [3.05, 3.63) is 53.4 Å². The van der Waals surface area contributed by atoms with Gasteiger partial charge in [0, 0.05) is 64.5 Å². The molecule has 2 aromatic rings. The second-order valence-electron chi connectivity index (χ2n) is 6.71. The molecule has 28 heavy (non-hydrogen) atoms. The van der Waals surface area contributed by atoms with Crippen molar-refractivity contribution in [2.24, 2.45) is 4.99 Å². The second-order valence-corrected chi connectivity index (χ2v) is 6.71. The lowest BCUT2D eigenvalue weighted by Gasteiger charge is -2.36. The molecule has 1 aromatic carbocycles. The molecule has 2 heterocycles. The van der Waals surface area contributed by atoms with Crippen LogP contribution < -0.4 is 10.6 Å². The summed E-state index contributed by atoms with van der Waals surface area (Å²) in [6, 6.07) is 9.56. The minimum absolute atomic E-state index is 0.0405. The lowest BCUT2D eigenvalue weighted by atomic mass is 10.1. The molecule has 0 bridgehead atoms. The van der Waals surface area contributed by atoms with E-state index in [2.05, 4.69) is 30.6 Å². The van der Waals surface area contributed by atoms with Gasteiger partial charge >= 0.3 is 0 Å². The highest BCUT2D eigenvalue weighted by atomic mass is 16.5. The van der Waals surface area contributed by atoms with Gasteiger partial charge in [-0.2, -0.15) is 0 Å². The van der Waals surface area contributed by atoms with Crippen molar-refractivity contribution >= 4 is 11.9 Å². The highest BCUT2D eigenvalue weighted by Gasteiger charge is 2.20. The maximum atomic E-state index is 11.8. The third-order valence-electron chi connectivity index (χ3n) is 4.76. The van der Waals surface area contributed by atoms with Crippen LogP contribution in [-0.4, -0.2) is 66.6 Å². The highest BCUT2D eigenvalue weighted by molar-refractivity contribution is 5.94. The smallest absolute Gasteiger partial charge is 0.251 e. The van der Waals surface area contributed by atoms with Gasteiger partial charge in [-0.15, -0.1) is 0 Å². The first-order chi connectivity index (χ1) is 13.7. The van der Waals surface area contributed by atoms with Crippen molar-refractivity contribution in [3.8, 4) is 0 Å². The van der Waals surface area contributed by atoms with Crippen LogP contribution in [0.2, 0.25) is 0 Å². The van der Waals surface area contributed by atoms with Crippen molar-refractivity contribution in [1.29, 1.82) is 0 Å². The predicted octanol–water partition coefficient (Wildman–Crippen LogP) is 1.32. The molecule has 3 rings (SSSR count). The number of rotatable bonds is 6. The zero-order chi connectivity index (χ0) is 19.8. The van der Waals surface area contributed by atoms with Gasteiger partial charge in [-0.05, 0) is 24.6 Å². The van der Waals surface area contributed by atoms with E-state index in [9.17, 15) is 4.79 Å². The maximum absolute atomic E-state index is 11.8. The van der Waals surface area contributed by atoms with Crippen LogP contribution in [0.3, 0.4) is 0 Å². The van der Waals surface area contributed by atoms with Gasteiger partial charge in [-0.1, -0.05) is 17.3 Å². The summed E-state index contributed by atoms with van der Waals surface area (Å²) in [4.78, 5) is 20.9. The van der Waals surface area contributed by atoms with Crippen molar-refractivity contribution in [2.75, 3.05) is 39.8 Å². The third kappa shape index (κ3) is 5.32. The van der Waals surface area contributed by atoms with E-state index < -0.39 is 0 Å². The number of carbonyl (C=O) groups excluding carboxylic acids is 1. The molecule has 1 aliphatic heterocycles. The molecular formula is C20H28N6O2. The molecule has 2 N–H and O–H groups in total. The number of aliphatic imine (C=N–C) groups is 1. The number of hydrogen-bond acceptors (Lipinski definition) is 5. The first kappa shape index (κ1) is 19.9. The minimum Gasteiger partial charge on any atom is -0.364 e. The Kier molecular flexibility index (Phi) is 7.02. The average molecular weight is 384 g/mol. The van der Waals surface area contributed by atoms with Crippen LogP contribution in [0, 0.1) is 0 Å². The lowest BCUT2D eigenvalue weighted by molar-refractivity contribution is 0.0956. The van der Waals surface area contributed by atoms with E-state index in [1.165, 1.54) is 0 Å². The molecule has 8 nitrogen and oxygen atoms in total. The van der Waals surface area contributed by atoms with Crippen molar-refractivity contribution in [3.63, 3.8) is 0 Å². The number of aromatic nitrogens is 1. The Morgan fingerprint density at radius 1 is 1.14 bits per heavy atom. The summed E-state index contributed by atoms with van der Waals surface area (Å²) in [5, 5.41) is 10.2. The number of nitrogens with one attached hydrogen (secondary N) is 2. The van der Waals surface area contributed by atoms with E-state index in [1.54, 1.807) is 6.26 Å². The van der Waals surface area contributed by atoms with Gasteiger partial charge in [-0.3, -0.25) is 14.7 Å². The zero-order valence-electron chi connectivity index (χ0n) is 16.5. The number of guanidine groups is 1. The number of carbonyl (C=O) groups is 1. The summed E-state index contributed by atoms with van der Waals surface area (Å²) in [6.45, 7) is 7.75. The van der Waals surface area contributed by atoms with E-state index in [0.29, 0.717) is 18.7 Å². The summed E-state index contributed by atoms with van der Waals surface area (Å²) >= 11 is 0. The van der Waals surface area contributed by atoms with Crippen molar-refractivity contribution < 1.29 is 9.32 Å². The van der Waals surface area contributed by atoms with E-state index in [0.717, 1.165) is 49.9 Å². The molecule has 8 heteroatoms. The Balaban J connectivity index is 1.46. The Bertz CT molecular complexity index is 765. The van der Waals surface area contributed by atoms with Gasteiger partial charge in [0.1, 0.15) is 6.26 Å².